The lowest BCUT2D eigenvalue weighted by molar-refractivity contribution is -0.146. The molecule has 8 nitrogen and oxygen atoms in total. The van der Waals surface area contributed by atoms with Crippen LogP contribution in [0.2, 0.25) is 0 Å². The number of amides is 1. The number of hydrogen-bond donors (Lipinski definition) is 0. The van der Waals surface area contributed by atoms with Gasteiger partial charge in [0.1, 0.15) is 11.6 Å². The third-order valence-corrected chi connectivity index (χ3v) is 6.58. The Morgan fingerprint density at radius 1 is 1.06 bits per heavy atom. The zero-order valence-corrected chi connectivity index (χ0v) is 19.9. The predicted octanol–water partition coefficient (Wildman–Crippen LogP) is 4.18. The molecule has 0 spiro atoms. The minimum atomic E-state index is -4.65. The third kappa shape index (κ3) is 4.65. The average molecular weight is 499 g/mol. The molecule has 1 amide bonds. The van der Waals surface area contributed by atoms with Crippen molar-refractivity contribution in [1.29, 1.82) is 0 Å². The summed E-state index contributed by atoms with van der Waals surface area (Å²) in [5.41, 5.74) is 1.07. The van der Waals surface area contributed by atoms with Gasteiger partial charge in [0.2, 0.25) is 5.91 Å². The Kier molecular flexibility index (Phi) is 6.15. The first kappa shape index (κ1) is 23.8. The van der Waals surface area contributed by atoms with E-state index in [1.165, 1.54) is 6.07 Å². The maximum absolute atomic E-state index is 13.2. The van der Waals surface area contributed by atoms with Gasteiger partial charge in [-0.1, -0.05) is 18.2 Å². The van der Waals surface area contributed by atoms with E-state index in [-0.39, 0.29) is 17.5 Å². The molecule has 36 heavy (non-hydrogen) atoms. The van der Waals surface area contributed by atoms with Crippen LogP contribution in [0.1, 0.15) is 24.2 Å². The topological polar surface area (TPSA) is 75.9 Å². The van der Waals surface area contributed by atoms with Crippen molar-refractivity contribution < 1.29 is 22.7 Å². The van der Waals surface area contributed by atoms with Gasteiger partial charge in [-0.05, 0) is 59.5 Å². The fraction of sp³-hybridized carbons (Fsp3) is 0.360. The van der Waals surface area contributed by atoms with Crippen molar-refractivity contribution in [2.45, 2.75) is 25.6 Å². The van der Waals surface area contributed by atoms with Crippen molar-refractivity contribution in [1.82, 2.24) is 24.7 Å². The van der Waals surface area contributed by atoms with Crippen LogP contribution in [0.25, 0.3) is 16.4 Å². The SMILES string of the molecule is COc1ccc2cc(CN(C)C(=O)C3CCN(c4ccc5nnc(C(F)(F)F)n5n4)CC3)ccc2c1. The Balaban J connectivity index is 1.22. The van der Waals surface area contributed by atoms with E-state index in [1.54, 1.807) is 25.1 Å². The summed E-state index contributed by atoms with van der Waals surface area (Å²) >= 11 is 0. The van der Waals surface area contributed by atoms with Crippen LogP contribution >= 0.6 is 0 Å². The van der Waals surface area contributed by atoms with Crippen LogP contribution in [0.4, 0.5) is 19.0 Å². The van der Waals surface area contributed by atoms with Crippen LogP contribution in [0, 0.1) is 5.92 Å². The quantitative estimate of drug-likeness (QED) is 0.411. The molecule has 3 heterocycles. The number of piperidine rings is 1. The molecule has 1 aliphatic rings. The van der Waals surface area contributed by atoms with Gasteiger partial charge in [0, 0.05) is 32.6 Å². The highest BCUT2D eigenvalue weighted by Crippen LogP contribution is 2.29. The summed E-state index contributed by atoms with van der Waals surface area (Å²) in [6, 6.07) is 15.1. The van der Waals surface area contributed by atoms with Crippen molar-refractivity contribution in [3.8, 4) is 5.75 Å². The van der Waals surface area contributed by atoms with Gasteiger partial charge in [0.05, 0.1) is 7.11 Å². The molecule has 2 aromatic heterocycles. The molecule has 0 unspecified atom stereocenters. The Labute approximate surface area is 205 Å². The number of ether oxygens (including phenoxy) is 1. The molecule has 1 fully saturated rings. The second kappa shape index (κ2) is 9.29. The maximum Gasteiger partial charge on any atom is 0.453 e. The molecule has 188 valence electrons. The number of benzene rings is 2. The van der Waals surface area contributed by atoms with Gasteiger partial charge in [-0.25, -0.2) is 0 Å². The van der Waals surface area contributed by atoms with E-state index in [0.717, 1.165) is 26.6 Å². The standard InChI is InChI=1S/C25H25F3N6O2/c1-32(15-16-3-4-19-14-20(36-2)6-5-18(19)13-16)23(35)17-9-11-33(12-10-17)22-8-7-21-29-30-24(25(26,27)28)34(21)31-22/h3-8,13-14,17H,9-12,15H2,1-2H3. The molecule has 0 N–H and O–H groups in total. The number of nitrogens with zero attached hydrogens (tertiary/aromatic N) is 6. The predicted molar refractivity (Wildman–Crippen MR) is 128 cm³/mol. The minimum absolute atomic E-state index is 0.0330. The number of carbonyl (C=O) groups is 1. The molecular formula is C25H25F3N6O2. The second-order valence-corrected chi connectivity index (χ2v) is 8.99. The molecule has 0 saturated carbocycles. The van der Waals surface area contributed by atoms with Gasteiger partial charge in [-0.2, -0.15) is 17.7 Å². The lowest BCUT2D eigenvalue weighted by Gasteiger charge is -2.33. The summed E-state index contributed by atoms with van der Waals surface area (Å²) in [5, 5.41) is 13.0. The van der Waals surface area contributed by atoms with Gasteiger partial charge in [-0.15, -0.1) is 15.3 Å². The van der Waals surface area contributed by atoms with Crippen LogP contribution in [-0.4, -0.2) is 57.9 Å². The van der Waals surface area contributed by atoms with Gasteiger partial charge in [0.25, 0.3) is 5.82 Å². The largest absolute Gasteiger partial charge is 0.497 e. The summed E-state index contributed by atoms with van der Waals surface area (Å²) in [6.45, 7) is 1.53. The number of aromatic nitrogens is 4. The Morgan fingerprint density at radius 2 is 1.78 bits per heavy atom. The van der Waals surface area contributed by atoms with Gasteiger partial charge in [-0.3, -0.25) is 4.79 Å². The van der Waals surface area contributed by atoms with E-state index < -0.39 is 12.0 Å². The number of methoxy groups -OCH3 is 1. The normalized spacial score (nSPS) is 15.0. The molecule has 0 radical (unpaired) electrons. The Morgan fingerprint density at radius 3 is 2.50 bits per heavy atom. The van der Waals surface area contributed by atoms with Crippen molar-refractivity contribution in [3.63, 3.8) is 0 Å². The van der Waals surface area contributed by atoms with E-state index in [0.29, 0.717) is 38.3 Å². The van der Waals surface area contributed by atoms with Crippen LogP contribution in [0.3, 0.4) is 0 Å². The Hall–Kier alpha value is -3.89. The van der Waals surface area contributed by atoms with Gasteiger partial charge >= 0.3 is 6.18 Å². The number of fused-ring (bicyclic) bond motifs is 2. The average Bonchev–Trinajstić information content (AvgIpc) is 3.32. The molecule has 1 aliphatic heterocycles. The first-order valence-electron chi connectivity index (χ1n) is 11.6. The molecule has 2 aromatic carbocycles. The zero-order valence-electron chi connectivity index (χ0n) is 19.9. The fourth-order valence-corrected chi connectivity index (χ4v) is 4.64. The summed E-state index contributed by atoms with van der Waals surface area (Å²) in [7, 11) is 3.43. The van der Waals surface area contributed by atoms with E-state index in [9.17, 15) is 18.0 Å². The number of alkyl halides is 3. The van der Waals surface area contributed by atoms with E-state index in [4.69, 9.17) is 4.74 Å². The molecule has 1 saturated heterocycles. The number of carbonyl (C=O) groups excluding carboxylic acids is 1. The van der Waals surface area contributed by atoms with Crippen LogP contribution < -0.4 is 9.64 Å². The maximum atomic E-state index is 13.2. The van der Waals surface area contributed by atoms with Gasteiger partial charge < -0.3 is 14.5 Å². The smallest absolute Gasteiger partial charge is 0.453 e. The van der Waals surface area contributed by atoms with E-state index in [2.05, 4.69) is 21.4 Å². The van der Waals surface area contributed by atoms with Crippen LogP contribution in [-0.2, 0) is 17.5 Å². The van der Waals surface area contributed by atoms with Crippen molar-refractivity contribution in [3.05, 3.63) is 59.9 Å². The van der Waals surface area contributed by atoms with Crippen molar-refractivity contribution in [2.24, 2.45) is 5.92 Å². The molecule has 5 rings (SSSR count). The minimum Gasteiger partial charge on any atom is -0.497 e. The molecule has 0 atom stereocenters. The first-order valence-corrected chi connectivity index (χ1v) is 11.6. The highest BCUT2D eigenvalue weighted by atomic mass is 19.4. The zero-order chi connectivity index (χ0) is 25.4. The second-order valence-electron chi connectivity index (χ2n) is 8.99. The van der Waals surface area contributed by atoms with Crippen molar-refractivity contribution >= 4 is 28.1 Å². The molecule has 0 aliphatic carbocycles. The molecule has 11 heteroatoms. The summed E-state index contributed by atoms with van der Waals surface area (Å²) in [4.78, 5) is 16.7. The van der Waals surface area contributed by atoms with E-state index in [1.807, 2.05) is 35.2 Å². The highest BCUT2D eigenvalue weighted by molar-refractivity contribution is 5.85. The number of hydrogen-bond acceptors (Lipinski definition) is 6. The molecule has 0 bridgehead atoms. The van der Waals surface area contributed by atoms with Crippen molar-refractivity contribution in [2.75, 3.05) is 32.1 Å². The number of rotatable bonds is 5. The monoisotopic (exact) mass is 498 g/mol. The van der Waals surface area contributed by atoms with Crippen LogP contribution in [0.5, 0.6) is 5.75 Å². The lowest BCUT2D eigenvalue weighted by Crippen LogP contribution is -2.41. The summed E-state index contributed by atoms with van der Waals surface area (Å²) < 4.78 is 45.5. The van der Waals surface area contributed by atoms with Gasteiger partial charge in [0.15, 0.2) is 5.65 Å². The summed E-state index contributed by atoms with van der Waals surface area (Å²) in [5.74, 6) is -0.0448. The number of anilines is 1. The Bertz CT molecular complexity index is 1410. The number of halogens is 3. The lowest BCUT2D eigenvalue weighted by atomic mass is 9.95. The van der Waals surface area contributed by atoms with Crippen LogP contribution in [0.15, 0.2) is 48.5 Å². The highest BCUT2D eigenvalue weighted by Gasteiger charge is 2.38. The molecular weight excluding hydrogens is 473 g/mol. The fourth-order valence-electron chi connectivity index (χ4n) is 4.64. The molecule has 4 aromatic rings. The van der Waals surface area contributed by atoms with E-state index >= 15 is 0 Å². The first-order chi connectivity index (χ1) is 17.2. The third-order valence-electron chi connectivity index (χ3n) is 6.58. The summed E-state index contributed by atoms with van der Waals surface area (Å²) in [6.07, 6.45) is -3.46.